The lowest BCUT2D eigenvalue weighted by Crippen LogP contribution is -2.20. The fourth-order valence-electron chi connectivity index (χ4n) is 1.000. The molecular weight excluding hydrogens is 186 g/mol. The lowest BCUT2D eigenvalue weighted by Gasteiger charge is -2.03. The molecule has 14 heavy (non-hydrogen) atoms. The summed E-state index contributed by atoms with van der Waals surface area (Å²) in [6.07, 6.45) is 3.71. The van der Waals surface area contributed by atoms with Crippen molar-refractivity contribution >= 4 is 5.69 Å². The standard InChI is InChI=1S/C8H9N3O3/c1-2-6(9)5-3-10-4-7(8(5)12)11(13)14/h2-4,6H,1,9H2,(H,10,12)/t6-/m0/s1. The quantitative estimate of drug-likeness (QED) is 0.415. The van der Waals surface area contributed by atoms with Gasteiger partial charge in [-0.15, -0.1) is 6.58 Å². The summed E-state index contributed by atoms with van der Waals surface area (Å²) in [7, 11) is 0. The van der Waals surface area contributed by atoms with Crippen LogP contribution < -0.4 is 11.2 Å². The lowest BCUT2D eigenvalue weighted by molar-refractivity contribution is -0.386. The zero-order valence-electron chi connectivity index (χ0n) is 7.27. The molecule has 1 aromatic heterocycles. The van der Waals surface area contributed by atoms with Crippen LogP contribution in [0.2, 0.25) is 0 Å². The van der Waals surface area contributed by atoms with E-state index < -0.39 is 22.1 Å². The number of nitrogens with zero attached hydrogens (tertiary/aromatic N) is 1. The summed E-state index contributed by atoms with van der Waals surface area (Å²) in [6.45, 7) is 3.40. The van der Waals surface area contributed by atoms with Crippen LogP contribution in [0.1, 0.15) is 11.6 Å². The average molecular weight is 195 g/mol. The molecule has 0 aliphatic heterocycles. The summed E-state index contributed by atoms with van der Waals surface area (Å²) in [4.78, 5) is 23.6. The van der Waals surface area contributed by atoms with Crippen LogP contribution in [0, 0.1) is 10.1 Å². The minimum absolute atomic E-state index is 0.134. The van der Waals surface area contributed by atoms with Crippen LogP contribution in [-0.4, -0.2) is 9.91 Å². The number of aromatic amines is 1. The molecule has 0 saturated carbocycles. The zero-order valence-corrected chi connectivity index (χ0v) is 7.27. The smallest absolute Gasteiger partial charge is 0.332 e. The molecule has 0 aromatic carbocycles. The fourth-order valence-corrected chi connectivity index (χ4v) is 1.000. The molecule has 1 heterocycles. The largest absolute Gasteiger partial charge is 0.361 e. The second-order valence-corrected chi connectivity index (χ2v) is 2.64. The predicted molar refractivity (Wildman–Crippen MR) is 50.8 cm³/mol. The van der Waals surface area contributed by atoms with Crippen molar-refractivity contribution in [3.05, 3.63) is 50.9 Å². The topological polar surface area (TPSA) is 102 Å². The molecule has 0 aliphatic carbocycles. The summed E-state index contributed by atoms with van der Waals surface area (Å²) in [5, 5.41) is 10.4. The van der Waals surface area contributed by atoms with Gasteiger partial charge >= 0.3 is 5.69 Å². The highest BCUT2D eigenvalue weighted by Gasteiger charge is 2.17. The van der Waals surface area contributed by atoms with Gasteiger partial charge in [0, 0.05) is 11.8 Å². The van der Waals surface area contributed by atoms with Gasteiger partial charge in [0.15, 0.2) is 0 Å². The molecule has 0 amide bonds. The summed E-state index contributed by atoms with van der Waals surface area (Å²) >= 11 is 0. The third-order valence-electron chi connectivity index (χ3n) is 1.76. The Hall–Kier alpha value is -1.95. The van der Waals surface area contributed by atoms with Crippen molar-refractivity contribution in [3.63, 3.8) is 0 Å². The van der Waals surface area contributed by atoms with Gasteiger partial charge in [0.2, 0.25) is 0 Å². The first kappa shape index (κ1) is 10.1. The minimum atomic E-state index is -0.752. The number of aromatic nitrogens is 1. The van der Waals surface area contributed by atoms with Gasteiger partial charge in [0.1, 0.15) is 0 Å². The number of hydrogen-bond donors (Lipinski definition) is 2. The van der Waals surface area contributed by atoms with E-state index in [0.717, 1.165) is 6.20 Å². The Morgan fingerprint density at radius 3 is 2.79 bits per heavy atom. The van der Waals surface area contributed by atoms with Crippen LogP contribution in [0.15, 0.2) is 29.8 Å². The minimum Gasteiger partial charge on any atom is -0.361 e. The highest BCUT2D eigenvalue weighted by Crippen LogP contribution is 2.08. The maximum atomic E-state index is 11.4. The van der Waals surface area contributed by atoms with Crippen LogP contribution in [0.25, 0.3) is 0 Å². The molecule has 0 fully saturated rings. The average Bonchev–Trinajstić information content (AvgIpc) is 2.16. The summed E-state index contributed by atoms with van der Waals surface area (Å²) in [5.74, 6) is 0. The van der Waals surface area contributed by atoms with Crippen molar-refractivity contribution < 1.29 is 4.92 Å². The van der Waals surface area contributed by atoms with Crippen molar-refractivity contribution in [3.8, 4) is 0 Å². The number of pyridine rings is 1. The van der Waals surface area contributed by atoms with Gasteiger partial charge in [-0.2, -0.15) is 0 Å². The monoisotopic (exact) mass is 195 g/mol. The van der Waals surface area contributed by atoms with Crippen LogP contribution >= 0.6 is 0 Å². The van der Waals surface area contributed by atoms with Crippen LogP contribution in [0.3, 0.4) is 0 Å². The van der Waals surface area contributed by atoms with Crippen LogP contribution in [-0.2, 0) is 0 Å². The third-order valence-corrected chi connectivity index (χ3v) is 1.76. The van der Waals surface area contributed by atoms with Gasteiger partial charge < -0.3 is 10.7 Å². The first-order valence-corrected chi connectivity index (χ1v) is 3.81. The third kappa shape index (κ3) is 1.69. The van der Waals surface area contributed by atoms with E-state index in [2.05, 4.69) is 11.6 Å². The van der Waals surface area contributed by atoms with Gasteiger partial charge in [-0.25, -0.2) is 0 Å². The van der Waals surface area contributed by atoms with E-state index in [0.29, 0.717) is 0 Å². The molecule has 1 aromatic rings. The molecule has 1 atom stereocenters. The summed E-state index contributed by atoms with van der Waals surface area (Å²) in [5.41, 5.74) is 4.44. The van der Waals surface area contributed by atoms with E-state index in [4.69, 9.17) is 5.73 Å². The van der Waals surface area contributed by atoms with E-state index in [1.54, 1.807) is 0 Å². The molecule has 1 rings (SSSR count). The molecule has 0 spiro atoms. The SMILES string of the molecule is C=C[C@H](N)c1c[nH]cc([N+](=O)[O-])c1=O. The summed E-state index contributed by atoms with van der Waals surface area (Å²) in [6, 6.07) is -0.696. The van der Waals surface area contributed by atoms with E-state index in [1.165, 1.54) is 12.3 Å². The number of rotatable bonds is 3. The lowest BCUT2D eigenvalue weighted by atomic mass is 10.1. The number of hydrogen-bond acceptors (Lipinski definition) is 4. The van der Waals surface area contributed by atoms with Gasteiger partial charge in [-0.3, -0.25) is 14.9 Å². The molecule has 6 nitrogen and oxygen atoms in total. The van der Waals surface area contributed by atoms with E-state index in [1.807, 2.05) is 0 Å². The van der Waals surface area contributed by atoms with Gasteiger partial charge in [-0.1, -0.05) is 6.08 Å². The molecule has 3 N–H and O–H groups in total. The number of H-pyrrole nitrogens is 1. The van der Waals surface area contributed by atoms with Gasteiger partial charge in [0.05, 0.1) is 17.2 Å². The van der Waals surface area contributed by atoms with Crippen molar-refractivity contribution in [1.82, 2.24) is 4.98 Å². The first-order valence-electron chi connectivity index (χ1n) is 3.81. The zero-order chi connectivity index (χ0) is 10.7. The predicted octanol–water partition coefficient (Wildman–Crippen LogP) is 0.469. The second-order valence-electron chi connectivity index (χ2n) is 2.64. The maximum absolute atomic E-state index is 11.4. The number of nitro groups is 1. The number of nitrogens with one attached hydrogen (secondary N) is 1. The Morgan fingerprint density at radius 2 is 2.29 bits per heavy atom. The van der Waals surface area contributed by atoms with E-state index in [9.17, 15) is 14.9 Å². The van der Waals surface area contributed by atoms with Gasteiger partial charge in [-0.05, 0) is 0 Å². The van der Waals surface area contributed by atoms with E-state index in [-0.39, 0.29) is 5.56 Å². The normalized spacial score (nSPS) is 12.1. The molecule has 0 unspecified atom stereocenters. The number of nitrogens with two attached hydrogens (primary N) is 1. The highest BCUT2D eigenvalue weighted by atomic mass is 16.6. The van der Waals surface area contributed by atoms with Crippen LogP contribution in [0.4, 0.5) is 5.69 Å². The van der Waals surface area contributed by atoms with Crippen molar-refractivity contribution in [1.29, 1.82) is 0 Å². The molecular formula is C8H9N3O3. The first-order chi connectivity index (χ1) is 6.57. The van der Waals surface area contributed by atoms with Crippen LogP contribution in [0.5, 0.6) is 0 Å². The Balaban J connectivity index is 3.35. The second kappa shape index (κ2) is 3.84. The van der Waals surface area contributed by atoms with E-state index >= 15 is 0 Å². The maximum Gasteiger partial charge on any atom is 0.332 e. The Morgan fingerprint density at radius 1 is 1.64 bits per heavy atom. The molecule has 6 heteroatoms. The van der Waals surface area contributed by atoms with Gasteiger partial charge in [0.25, 0.3) is 5.43 Å². The Labute approximate surface area is 79.2 Å². The van der Waals surface area contributed by atoms with Crippen molar-refractivity contribution in [2.45, 2.75) is 6.04 Å². The fraction of sp³-hybridized carbons (Fsp3) is 0.125. The highest BCUT2D eigenvalue weighted by molar-refractivity contribution is 5.33. The Kier molecular flexibility index (Phi) is 2.78. The molecule has 0 saturated heterocycles. The Bertz CT molecular complexity index is 424. The van der Waals surface area contributed by atoms with Crippen molar-refractivity contribution in [2.24, 2.45) is 5.73 Å². The molecule has 0 radical (unpaired) electrons. The molecule has 0 aliphatic rings. The molecule has 0 bridgehead atoms. The molecule has 74 valence electrons. The summed E-state index contributed by atoms with van der Waals surface area (Å²) < 4.78 is 0. The van der Waals surface area contributed by atoms with Crippen molar-refractivity contribution in [2.75, 3.05) is 0 Å².